The second-order valence-corrected chi connectivity index (χ2v) is 7.75. The van der Waals surface area contributed by atoms with Gasteiger partial charge >= 0.3 is 0 Å². The number of hydrogen-bond donors (Lipinski definition) is 3. The van der Waals surface area contributed by atoms with Crippen molar-refractivity contribution in [3.05, 3.63) is 47.4 Å². The van der Waals surface area contributed by atoms with Gasteiger partial charge in [0.25, 0.3) is 0 Å². The molecule has 3 aromatic rings. The Morgan fingerprint density at radius 3 is 2.77 bits per heavy atom. The van der Waals surface area contributed by atoms with Gasteiger partial charge < -0.3 is 10.3 Å². The molecule has 1 aliphatic heterocycles. The maximum atomic E-state index is 5.66. The van der Waals surface area contributed by atoms with Gasteiger partial charge in [-0.15, -0.1) is 10.2 Å². The largest absolute Gasteiger partial charge is 0.374 e. The van der Waals surface area contributed by atoms with E-state index in [2.05, 4.69) is 56.8 Å². The lowest BCUT2D eigenvalue weighted by atomic mass is 10.0. The molecule has 8 heteroatoms. The number of imidazole rings is 1. The molecule has 0 spiro atoms. The fourth-order valence-electron chi connectivity index (χ4n) is 3.42. The zero-order valence-electron chi connectivity index (χ0n) is 14.7. The normalized spacial score (nSPS) is 19.9. The van der Waals surface area contributed by atoms with Gasteiger partial charge in [-0.1, -0.05) is 41.7 Å². The number of benzene rings is 1. The molecule has 1 aliphatic rings. The van der Waals surface area contributed by atoms with Gasteiger partial charge in [-0.05, 0) is 19.8 Å². The summed E-state index contributed by atoms with van der Waals surface area (Å²) in [5.41, 5.74) is 15.9. The van der Waals surface area contributed by atoms with Crippen molar-refractivity contribution in [1.29, 1.82) is 0 Å². The lowest BCUT2D eigenvalue weighted by Crippen LogP contribution is -2.29. The standard InChI is InChI=1S/C18H23N7S/c1-12-10-14(22-21-12)17-16(13-6-3-2-4-7-13)20-11-25(17)9-5-8-15-23-24-18(19)26-15/h2-4,6-7,11-12,14,21-22H,5,8-10H2,1H3,(H2,19,24). The Kier molecular flexibility index (Phi) is 4.96. The second kappa shape index (κ2) is 7.53. The SMILES string of the molecule is CC1CC(c2c(-c3ccccc3)ncn2CCCc2nnc(N)s2)NN1. The van der Waals surface area contributed by atoms with Crippen molar-refractivity contribution in [3.8, 4) is 11.3 Å². The van der Waals surface area contributed by atoms with Crippen LogP contribution in [0.4, 0.5) is 5.13 Å². The van der Waals surface area contributed by atoms with Crippen LogP contribution >= 0.6 is 11.3 Å². The highest BCUT2D eigenvalue weighted by Gasteiger charge is 2.28. The Morgan fingerprint density at radius 1 is 1.23 bits per heavy atom. The van der Waals surface area contributed by atoms with Gasteiger partial charge in [0, 0.05) is 24.6 Å². The number of anilines is 1. The van der Waals surface area contributed by atoms with Crippen LogP contribution in [0.1, 0.15) is 36.5 Å². The average molecular weight is 369 g/mol. The molecular weight excluding hydrogens is 346 g/mol. The van der Waals surface area contributed by atoms with Crippen molar-refractivity contribution in [2.24, 2.45) is 0 Å². The monoisotopic (exact) mass is 369 g/mol. The molecule has 7 nitrogen and oxygen atoms in total. The quantitative estimate of drug-likeness (QED) is 0.618. The van der Waals surface area contributed by atoms with Gasteiger partial charge in [0.05, 0.1) is 23.8 Å². The first kappa shape index (κ1) is 17.1. The van der Waals surface area contributed by atoms with Crippen LogP contribution < -0.4 is 16.6 Å². The summed E-state index contributed by atoms with van der Waals surface area (Å²) in [6.07, 6.45) is 4.84. The fourth-order valence-corrected chi connectivity index (χ4v) is 4.07. The molecule has 136 valence electrons. The van der Waals surface area contributed by atoms with E-state index in [1.807, 2.05) is 12.4 Å². The van der Waals surface area contributed by atoms with Crippen molar-refractivity contribution in [2.45, 2.75) is 44.8 Å². The van der Waals surface area contributed by atoms with Crippen LogP contribution in [0, 0.1) is 0 Å². The van der Waals surface area contributed by atoms with Gasteiger partial charge in [0.2, 0.25) is 5.13 Å². The highest BCUT2D eigenvalue weighted by atomic mass is 32.1. The third kappa shape index (κ3) is 3.62. The summed E-state index contributed by atoms with van der Waals surface area (Å²) in [7, 11) is 0. The number of hydrazine groups is 1. The van der Waals surface area contributed by atoms with Crippen molar-refractivity contribution in [1.82, 2.24) is 30.6 Å². The zero-order chi connectivity index (χ0) is 17.9. The Hall–Kier alpha value is -2.29. The van der Waals surface area contributed by atoms with Crippen LogP contribution in [0.5, 0.6) is 0 Å². The number of aryl methyl sites for hydroxylation is 2. The Bertz CT molecular complexity index is 858. The van der Waals surface area contributed by atoms with Gasteiger partial charge in [-0.3, -0.25) is 5.43 Å². The predicted octanol–water partition coefficient (Wildman–Crippen LogP) is 2.54. The first-order chi connectivity index (χ1) is 12.7. The topological polar surface area (TPSA) is 93.7 Å². The molecule has 2 atom stereocenters. The Labute approximate surface area is 156 Å². The lowest BCUT2D eigenvalue weighted by molar-refractivity contribution is 0.520. The summed E-state index contributed by atoms with van der Waals surface area (Å²) in [6.45, 7) is 3.08. The smallest absolute Gasteiger partial charge is 0.203 e. The molecule has 0 radical (unpaired) electrons. The van der Waals surface area contributed by atoms with E-state index in [9.17, 15) is 0 Å². The van der Waals surface area contributed by atoms with Gasteiger partial charge in [-0.2, -0.15) is 0 Å². The van der Waals surface area contributed by atoms with Crippen LogP contribution in [0.2, 0.25) is 0 Å². The molecule has 1 fully saturated rings. The first-order valence-corrected chi connectivity index (χ1v) is 9.71. The number of hydrogen-bond acceptors (Lipinski definition) is 7. The molecule has 2 unspecified atom stereocenters. The van der Waals surface area contributed by atoms with E-state index < -0.39 is 0 Å². The first-order valence-electron chi connectivity index (χ1n) is 8.90. The second-order valence-electron chi connectivity index (χ2n) is 6.65. The van der Waals surface area contributed by atoms with Crippen molar-refractivity contribution in [2.75, 3.05) is 5.73 Å². The van der Waals surface area contributed by atoms with Gasteiger partial charge in [0.15, 0.2) is 0 Å². The third-order valence-corrected chi connectivity index (χ3v) is 5.43. The number of rotatable bonds is 6. The molecule has 0 aliphatic carbocycles. The highest BCUT2D eigenvalue weighted by molar-refractivity contribution is 7.15. The molecule has 0 saturated carbocycles. The average Bonchev–Trinajstić information content (AvgIpc) is 3.36. The number of nitrogens with zero attached hydrogens (tertiary/aromatic N) is 4. The van der Waals surface area contributed by atoms with Crippen molar-refractivity contribution < 1.29 is 0 Å². The molecule has 0 bridgehead atoms. The maximum Gasteiger partial charge on any atom is 0.203 e. The van der Waals surface area contributed by atoms with E-state index in [-0.39, 0.29) is 6.04 Å². The summed E-state index contributed by atoms with van der Waals surface area (Å²) < 4.78 is 2.27. The van der Waals surface area contributed by atoms with Crippen molar-refractivity contribution in [3.63, 3.8) is 0 Å². The fraction of sp³-hybridized carbons (Fsp3) is 0.389. The third-order valence-electron chi connectivity index (χ3n) is 4.62. The number of nitrogen functional groups attached to an aromatic ring is 1. The Balaban J connectivity index is 1.56. The van der Waals surface area contributed by atoms with E-state index in [0.29, 0.717) is 11.2 Å². The number of nitrogens with two attached hydrogens (primary N) is 1. The van der Waals surface area contributed by atoms with Gasteiger partial charge in [0.1, 0.15) is 5.01 Å². The summed E-state index contributed by atoms with van der Waals surface area (Å²) >= 11 is 1.46. The molecule has 4 N–H and O–H groups in total. The van der Waals surface area contributed by atoms with E-state index in [1.165, 1.54) is 17.0 Å². The molecule has 0 amide bonds. The predicted molar refractivity (Wildman–Crippen MR) is 103 cm³/mol. The van der Waals surface area contributed by atoms with Crippen LogP contribution in [-0.4, -0.2) is 25.8 Å². The molecule has 2 aromatic heterocycles. The number of aromatic nitrogens is 4. The minimum Gasteiger partial charge on any atom is -0.374 e. The lowest BCUT2D eigenvalue weighted by Gasteiger charge is -2.16. The van der Waals surface area contributed by atoms with E-state index in [0.717, 1.165) is 42.1 Å². The van der Waals surface area contributed by atoms with Crippen LogP contribution in [-0.2, 0) is 13.0 Å². The van der Waals surface area contributed by atoms with Gasteiger partial charge in [-0.25, -0.2) is 10.4 Å². The summed E-state index contributed by atoms with van der Waals surface area (Å²) in [6, 6.07) is 11.1. The molecule has 3 heterocycles. The highest BCUT2D eigenvalue weighted by Crippen LogP contribution is 2.31. The Morgan fingerprint density at radius 2 is 2.08 bits per heavy atom. The molecule has 1 saturated heterocycles. The van der Waals surface area contributed by atoms with E-state index >= 15 is 0 Å². The summed E-state index contributed by atoms with van der Waals surface area (Å²) in [4.78, 5) is 4.74. The number of nitrogens with one attached hydrogen (secondary N) is 2. The molecular formula is C18H23N7S. The van der Waals surface area contributed by atoms with Crippen LogP contribution in [0.3, 0.4) is 0 Å². The molecule has 26 heavy (non-hydrogen) atoms. The summed E-state index contributed by atoms with van der Waals surface area (Å²) in [5.74, 6) is 0. The minimum atomic E-state index is 0.250. The maximum absolute atomic E-state index is 5.66. The van der Waals surface area contributed by atoms with Crippen LogP contribution in [0.25, 0.3) is 11.3 Å². The summed E-state index contributed by atoms with van der Waals surface area (Å²) in [5, 5.41) is 9.51. The van der Waals surface area contributed by atoms with Crippen LogP contribution in [0.15, 0.2) is 36.7 Å². The van der Waals surface area contributed by atoms with E-state index in [1.54, 1.807) is 0 Å². The van der Waals surface area contributed by atoms with Crippen molar-refractivity contribution >= 4 is 16.5 Å². The molecule has 4 rings (SSSR count). The van der Waals surface area contributed by atoms with E-state index in [4.69, 9.17) is 10.7 Å². The molecule has 1 aromatic carbocycles. The zero-order valence-corrected chi connectivity index (χ0v) is 15.5. The minimum absolute atomic E-state index is 0.250.